The molecule has 0 aliphatic heterocycles. The number of phenolic OH excluding ortho intramolecular Hbond substituents is 1. The number of phenols is 1. The van der Waals surface area contributed by atoms with Crippen molar-refractivity contribution in [2.24, 2.45) is 0 Å². The predicted molar refractivity (Wildman–Crippen MR) is 57.2 cm³/mol. The van der Waals surface area contributed by atoms with E-state index >= 15 is 0 Å². The van der Waals surface area contributed by atoms with Crippen LogP contribution in [0.25, 0.3) is 0 Å². The topological polar surface area (TPSA) is 29.5 Å². The lowest BCUT2D eigenvalue weighted by Crippen LogP contribution is -2.01. The number of ether oxygens (including phenoxy) is 1. The fourth-order valence-electron chi connectivity index (χ4n) is 1.18. The number of benzene rings is 1. The standard InChI is InChI=1S/C12H14O2/c1-3-9-14-12(4-2)10-7-5-6-8-11(10)13/h3-8,12-13H,1-2,9H2. The summed E-state index contributed by atoms with van der Waals surface area (Å²) < 4.78 is 5.41. The number of rotatable bonds is 5. The largest absolute Gasteiger partial charge is 0.508 e. The van der Waals surface area contributed by atoms with E-state index in [9.17, 15) is 5.11 Å². The highest BCUT2D eigenvalue weighted by molar-refractivity contribution is 5.35. The molecule has 0 aromatic heterocycles. The smallest absolute Gasteiger partial charge is 0.121 e. The molecular weight excluding hydrogens is 176 g/mol. The van der Waals surface area contributed by atoms with Crippen LogP contribution in [0.3, 0.4) is 0 Å². The van der Waals surface area contributed by atoms with Crippen molar-refractivity contribution >= 4 is 0 Å². The summed E-state index contributed by atoms with van der Waals surface area (Å²) in [5, 5.41) is 9.56. The lowest BCUT2D eigenvalue weighted by Gasteiger charge is -2.14. The third-order valence-corrected chi connectivity index (χ3v) is 1.85. The summed E-state index contributed by atoms with van der Waals surface area (Å²) in [6, 6.07) is 7.06. The van der Waals surface area contributed by atoms with Gasteiger partial charge in [0.15, 0.2) is 0 Å². The number of hydrogen-bond acceptors (Lipinski definition) is 2. The van der Waals surface area contributed by atoms with Crippen molar-refractivity contribution in [2.45, 2.75) is 6.10 Å². The lowest BCUT2D eigenvalue weighted by atomic mass is 10.1. The molecule has 1 rings (SSSR count). The zero-order valence-corrected chi connectivity index (χ0v) is 8.02. The van der Waals surface area contributed by atoms with E-state index in [0.29, 0.717) is 6.61 Å². The van der Waals surface area contributed by atoms with Crippen LogP contribution >= 0.6 is 0 Å². The zero-order chi connectivity index (χ0) is 10.4. The van der Waals surface area contributed by atoms with Crippen LogP contribution in [0.15, 0.2) is 49.6 Å². The molecule has 1 aromatic carbocycles. The van der Waals surface area contributed by atoms with Gasteiger partial charge in [-0.05, 0) is 6.07 Å². The number of aromatic hydroxyl groups is 1. The van der Waals surface area contributed by atoms with Gasteiger partial charge in [-0.1, -0.05) is 30.4 Å². The maximum Gasteiger partial charge on any atom is 0.121 e. The van der Waals surface area contributed by atoms with Crippen LogP contribution in [0.5, 0.6) is 5.75 Å². The third-order valence-electron chi connectivity index (χ3n) is 1.85. The second-order valence-corrected chi connectivity index (χ2v) is 2.84. The van der Waals surface area contributed by atoms with Crippen LogP contribution in [-0.2, 0) is 4.74 Å². The molecule has 0 fully saturated rings. The SMILES string of the molecule is C=CCOC(C=C)c1ccccc1O. The normalized spacial score (nSPS) is 12.0. The summed E-state index contributed by atoms with van der Waals surface area (Å²) in [6.45, 7) is 7.66. The Bertz CT molecular complexity index is 318. The lowest BCUT2D eigenvalue weighted by molar-refractivity contribution is 0.108. The van der Waals surface area contributed by atoms with Crippen LogP contribution < -0.4 is 0 Å². The van der Waals surface area contributed by atoms with E-state index in [1.807, 2.05) is 12.1 Å². The molecule has 1 atom stereocenters. The van der Waals surface area contributed by atoms with Gasteiger partial charge in [-0.3, -0.25) is 0 Å². The molecule has 0 aliphatic carbocycles. The summed E-state index contributed by atoms with van der Waals surface area (Å²) in [4.78, 5) is 0. The maximum absolute atomic E-state index is 9.56. The molecular formula is C12H14O2. The molecule has 0 amide bonds. The summed E-state index contributed by atoms with van der Waals surface area (Å²) in [7, 11) is 0. The van der Waals surface area contributed by atoms with Crippen molar-refractivity contribution in [1.29, 1.82) is 0 Å². The van der Waals surface area contributed by atoms with Crippen LogP contribution in [0, 0.1) is 0 Å². The Morgan fingerprint density at radius 3 is 2.64 bits per heavy atom. The summed E-state index contributed by atoms with van der Waals surface area (Å²) in [6.07, 6.45) is 3.03. The molecule has 1 N–H and O–H groups in total. The van der Waals surface area contributed by atoms with E-state index in [1.165, 1.54) is 0 Å². The average Bonchev–Trinajstić information content (AvgIpc) is 2.21. The minimum absolute atomic E-state index is 0.224. The molecule has 0 heterocycles. The molecule has 2 heteroatoms. The molecule has 0 saturated heterocycles. The summed E-state index contributed by atoms with van der Waals surface area (Å²) >= 11 is 0. The van der Waals surface area contributed by atoms with E-state index < -0.39 is 0 Å². The average molecular weight is 190 g/mol. The fourth-order valence-corrected chi connectivity index (χ4v) is 1.18. The third kappa shape index (κ3) is 2.47. The van der Waals surface area contributed by atoms with E-state index in [0.717, 1.165) is 5.56 Å². The van der Waals surface area contributed by atoms with Gasteiger partial charge >= 0.3 is 0 Å². The van der Waals surface area contributed by atoms with Gasteiger partial charge in [-0.25, -0.2) is 0 Å². The Morgan fingerprint density at radius 2 is 2.07 bits per heavy atom. The van der Waals surface area contributed by atoms with E-state index in [4.69, 9.17) is 4.74 Å². The van der Waals surface area contributed by atoms with Gasteiger partial charge < -0.3 is 9.84 Å². The first-order valence-electron chi connectivity index (χ1n) is 4.42. The highest BCUT2D eigenvalue weighted by Gasteiger charge is 2.10. The second-order valence-electron chi connectivity index (χ2n) is 2.84. The predicted octanol–water partition coefficient (Wildman–Crippen LogP) is 2.82. The first-order chi connectivity index (χ1) is 6.79. The molecule has 14 heavy (non-hydrogen) atoms. The number of hydrogen-bond donors (Lipinski definition) is 1. The zero-order valence-electron chi connectivity index (χ0n) is 8.02. The Hall–Kier alpha value is -1.54. The van der Waals surface area contributed by atoms with E-state index in [1.54, 1.807) is 24.3 Å². The minimum Gasteiger partial charge on any atom is -0.508 e. The second kappa shape index (κ2) is 5.25. The van der Waals surface area contributed by atoms with E-state index in [2.05, 4.69) is 13.2 Å². The molecule has 1 aromatic rings. The highest BCUT2D eigenvalue weighted by Crippen LogP contribution is 2.26. The molecule has 0 radical (unpaired) electrons. The van der Waals surface area contributed by atoms with Gasteiger partial charge in [0.25, 0.3) is 0 Å². The highest BCUT2D eigenvalue weighted by atomic mass is 16.5. The van der Waals surface area contributed by atoms with Gasteiger partial charge in [0.2, 0.25) is 0 Å². The van der Waals surface area contributed by atoms with Gasteiger partial charge in [0.1, 0.15) is 11.9 Å². The fraction of sp³-hybridized carbons (Fsp3) is 0.167. The van der Waals surface area contributed by atoms with Gasteiger partial charge in [0.05, 0.1) is 6.61 Å². The van der Waals surface area contributed by atoms with E-state index in [-0.39, 0.29) is 11.9 Å². The summed E-state index contributed by atoms with van der Waals surface area (Å²) in [5.41, 5.74) is 0.726. The number of para-hydroxylation sites is 1. The molecule has 0 bridgehead atoms. The minimum atomic E-state index is -0.283. The molecule has 2 nitrogen and oxygen atoms in total. The van der Waals surface area contributed by atoms with Crippen molar-refractivity contribution in [1.82, 2.24) is 0 Å². The first-order valence-corrected chi connectivity index (χ1v) is 4.42. The monoisotopic (exact) mass is 190 g/mol. The first kappa shape index (κ1) is 10.5. The van der Waals surface area contributed by atoms with Crippen LogP contribution in [-0.4, -0.2) is 11.7 Å². The van der Waals surface area contributed by atoms with Crippen LogP contribution in [0.2, 0.25) is 0 Å². The van der Waals surface area contributed by atoms with Crippen LogP contribution in [0.1, 0.15) is 11.7 Å². The van der Waals surface area contributed by atoms with Crippen molar-refractivity contribution in [3.63, 3.8) is 0 Å². The van der Waals surface area contributed by atoms with Crippen molar-refractivity contribution in [3.05, 3.63) is 55.1 Å². The van der Waals surface area contributed by atoms with Gasteiger partial charge in [-0.2, -0.15) is 0 Å². The van der Waals surface area contributed by atoms with Crippen molar-refractivity contribution in [3.8, 4) is 5.75 Å². The van der Waals surface area contributed by atoms with Crippen LogP contribution in [0.4, 0.5) is 0 Å². The van der Waals surface area contributed by atoms with Gasteiger partial charge in [0, 0.05) is 5.56 Å². The Kier molecular flexibility index (Phi) is 3.95. The Labute approximate surface area is 84.1 Å². The quantitative estimate of drug-likeness (QED) is 0.723. The molecule has 74 valence electrons. The molecule has 1 unspecified atom stereocenters. The molecule has 0 aliphatic rings. The van der Waals surface area contributed by atoms with Crippen molar-refractivity contribution in [2.75, 3.05) is 6.61 Å². The van der Waals surface area contributed by atoms with Crippen molar-refractivity contribution < 1.29 is 9.84 Å². The Balaban J connectivity index is 2.83. The molecule has 0 saturated carbocycles. The van der Waals surface area contributed by atoms with Gasteiger partial charge in [-0.15, -0.1) is 13.2 Å². The molecule has 0 spiro atoms. The Morgan fingerprint density at radius 1 is 1.36 bits per heavy atom. The maximum atomic E-state index is 9.56. The summed E-state index contributed by atoms with van der Waals surface area (Å²) in [5.74, 6) is 0.224.